The first-order chi connectivity index (χ1) is 17.6. The molecule has 0 bridgehead atoms. The summed E-state index contributed by atoms with van der Waals surface area (Å²) < 4.78 is 21.0. The van der Waals surface area contributed by atoms with Gasteiger partial charge in [0, 0.05) is 62.3 Å². The van der Waals surface area contributed by atoms with E-state index in [2.05, 4.69) is 15.2 Å². The summed E-state index contributed by atoms with van der Waals surface area (Å²) in [5.41, 5.74) is 3.27. The van der Waals surface area contributed by atoms with E-state index < -0.39 is 5.82 Å². The number of anilines is 1. The van der Waals surface area contributed by atoms with Gasteiger partial charge in [-0.05, 0) is 43.2 Å². The molecule has 2 saturated heterocycles. The van der Waals surface area contributed by atoms with Crippen molar-refractivity contribution in [2.45, 2.75) is 25.7 Å². The van der Waals surface area contributed by atoms with Crippen molar-refractivity contribution in [1.82, 2.24) is 19.2 Å². The Bertz CT molecular complexity index is 1230. The fourth-order valence-electron chi connectivity index (χ4n) is 4.95. The van der Waals surface area contributed by atoms with Crippen molar-refractivity contribution in [2.75, 3.05) is 57.8 Å². The third-order valence-corrected chi connectivity index (χ3v) is 7.00. The Morgan fingerprint density at radius 2 is 1.81 bits per heavy atom. The van der Waals surface area contributed by atoms with Gasteiger partial charge in [0.25, 0.3) is 5.91 Å². The molecule has 0 radical (unpaired) electrons. The summed E-state index contributed by atoms with van der Waals surface area (Å²) in [5, 5.41) is 12.4. The van der Waals surface area contributed by atoms with E-state index in [1.165, 1.54) is 12.3 Å². The maximum absolute atomic E-state index is 13.9. The summed E-state index contributed by atoms with van der Waals surface area (Å²) >= 11 is 0. The Balaban J connectivity index is 0.00000320. The molecule has 0 spiro atoms. The van der Waals surface area contributed by atoms with Gasteiger partial charge in [-0.1, -0.05) is 12.8 Å². The molecule has 10 heteroatoms. The summed E-state index contributed by atoms with van der Waals surface area (Å²) in [6.45, 7) is 6.33. The Morgan fingerprint density at radius 3 is 2.57 bits per heavy atom. The molecule has 2 fully saturated rings. The topological polar surface area (TPSA) is 86.0 Å². The van der Waals surface area contributed by atoms with Crippen LogP contribution in [0.3, 0.4) is 0 Å². The van der Waals surface area contributed by atoms with Crippen LogP contribution in [0.2, 0.25) is 0 Å². The van der Waals surface area contributed by atoms with Gasteiger partial charge in [-0.15, -0.1) is 12.4 Å². The molecule has 8 nitrogen and oxygen atoms in total. The highest BCUT2D eigenvalue weighted by molar-refractivity contribution is 6.14. The molecule has 2 aliphatic heterocycles. The van der Waals surface area contributed by atoms with E-state index in [0.717, 1.165) is 77.3 Å². The van der Waals surface area contributed by atoms with Crippen LogP contribution in [0.5, 0.6) is 0 Å². The van der Waals surface area contributed by atoms with E-state index in [1.54, 1.807) is 22.7 Å². The number of benzene rings is 1. The zero-order valence-electron chi connectivity index (χ0n) is 20.9. The number of likely N-dealkylation sites (tertiary alicyclic amines) is 1. The first-order valence-electron chi connectivity index (χ1n) is 12.8. The van der Waals surface area contributed by atoms with Crippen molar-refractivity contribution in [1.29, 1.82) is 5.41 Å². The van der Waals surface area contributed by atoms with Crippen molar-refractivity contribution in [2.24, 2.45) is 0 Å². The standard InChI is InChI=1S/C27H33FN6O2.ClH/c28-21-6-8-25-31-18-24(34(25)19-21)26(29)22-7-5-20(27(35)33-10-3-1-2-4-11-33)17-23(22)30-9-12-32-13-15-36-16-14-32;/h5-8,17-19,29-30H,1-4,9-16H2;1H. The lowest BCUT2D eigenvalue weighted by molar-refractivity contribution is 0.0398. The number of hydrogen-bond acceptors (Lipinski definition) is 6. The molecule has 5 rings (SSSR count). The highest BCUT2D eigenvalue weighted by atomic mass is 35.5. The number of halogens is 2. The number of pyridine rings is 1. The van der Waals surface area contributed by atoms with Crippen LogP contribution in [0, 0.1) is 11.2 Å². The van der Waals surface area contributed by atoms with Crippen molar-refractivity contribution >= 4 is 35.4 Å². The number of carbonyl (C=O) groups excluding carboxylic acids is 1. The lowest BCUT2D eigenvalue weighted by Crippen LogP contribution is -2.39. The Labute approximate surface area is 222 Å². The van der Waals surface area contributed by atoms with E-state index >= 15 is 0 Å². The monoisotopic (exact) mass is 528 g/mol. The first kappa shape index (κ1) is 27.0. The van der Waals surface area contributed by atoms with Gasteiger partial charge in [-0.2, -0.15) is 0 Å². The summed E-state index contributed by atoms with van der Waals surface area (Å²) in [4.78, 5) is 21.9. The van der Waals surface area contributed by atoms with Gasteiger partial charge in [0.15, 0.2) is 0 Å². The molecular weight excluding hydrogens is 495 g/mol. The summed E-state index contributed by atoms with van der Waals surface area (Å²) in [6, 6.07) is 8.44. The van der Waals surface area contributed by atoms with E-state index in [-0.39, 0.29) is 24.0 Å². The van der Waals surface area contributed by atoms with Crippen molar-refractivity contribution in [3.05, 3.63) is 65.4 Å². The third-order valence-electron chi connectivity index (χ3n) is 7.00. The van der Waals surface area contributed by atoms with E-state index in [9.17, 15) is 9.18 Å². The smallest absolute Gasteiger partial charge is 0.253 e. The molecule has 0 aliphatic carbocycles. The van der Waals surface area contributed by atoms with Crippen LogP contribution in [0.15, 0.2) is 42.7 Å². The summed E-state index contributed by atoms with van der Waals surface area (Å²) in [5.74, 6) is -0.361. The largest absolute Gasteiger partial charge is 0.383 e. The molecular formula is C27H34ClFN6O2. The van der Waals surface area contributed by atoms with Gasteiger partial charge in [-0.25, -0.2) is 9.37 Å². The van der Waals surface area contributed by atoms with Crippen molar-refractivity contribution < 1.29 is 13.9 Å². The molecule has 0 saturated carbocycles. The normalized spacial score (nSPS) is 16.7. The number of rotatable bonds is 7. The van der Waals surface area contributed by atoms with Gasteiger partial charge >= 0.3 is 0 Å². The highest BCUT2D eigenvalue weighted by Crippen LogP contribution is 2.24. The molecule has 2 aromatic heterocycles. The predicted octanol–water partition coefficient (Wildman–Crippen LogP) is 4.07. The van der Waals surface area contributed by atoms with Crippen LogP contribution >= 0.6 is 12.4 Å². The van der Waals surface area contributed by atoms with Crippen LogP contribution in [-0.2, 0) is 4.74 Å². The molecule has 1 amide bonds. The van der Waals surface area contributed by atoms with Crippen molar-refractivity contribution in [3.63, 3.8) is 0 Å². The minimum Gasteiger partial charge on any atom is -0.383 e. The van der Waals surface area contributed by atoms with Gasteiger partial charge in [0.05, 0.1) is 30.8 Å². The third kappa shape index (κ3) is 6.29. The Kier molecular flexibility index (Phi) is 9.13. The van der Waals surface area contributed by atoms with Crippen LogP contribution in [0.4, 0.5) is 10.1 Å². The van der Waals surface area contributed by atoms with Crippen LogP contribution < -0.4 is 5.32 Å². The molecule has 0 unspecified atom stereocenters. The number of morpholine rings is 1. The van der Waals surface area contributed by atoms with Crippen LogP contribution in [-0.4, -0.2) is 83.3 Å². The van der Waals surface area contributed by atoms with E-state index in [4.69, 9.17) is 10.1 Å². The fourth-order valence-corrected chi connectivity index (χ4v) is 4.95. The number of hydrogen-bond donors (Lipinski definition) is 2. The number of carbonyl (C=O) groups is 1. The molecule has 3 aromatic rings. The number of fused-ring (bicyclic) bond motifs is 1. The SMILES string of the molecule is Cl.N=C(c1ccc(C(=O)N2CCCCCC2)cc1NCCN1CCOCC1)c1cnc2ccc(F)cn12. The van der Waals surface area contributed by atoms with E-state index in [0.29, 0.717) is 29.0 Å². The molecule has 0 atom stereocenters. The highest BCUT2D eigenvalue weighted by Gasteiger charge is 2.21. The average Bonchev–Trinajstić information content (AvgIpc) is 3.12. The number of nitrogens with zero attached hydrogens (tertiary/aromatic N) is 4. The lowest BCUT2D eigenvalue weighted by atomic mass is 10.0. The number of nitrogens with one attached hydrogen (secondary N) is 2. The molecule has 1 aromatic carbocycles. The zero-order chi connectivity index (χ0) is 24.9. The first-order valence-corrected chi connectivity index (χ1v) is 12.8. The Morgan fingerprint density at radius 1 is 1.05 bits per heavy atom. The fraction of sp³-hybridized carbons (Fsp3) is 0.444. The quantitative estimate of drug-likeness (QED) is 0.451. The zero-order valence-corrected chi connectivity index (χ0v) is 21.7. The minimum atomic E-state index is -0.392. The molecule has 2 N–H and O–H groups in total. The average molecular weight is 529 g/mol. The van der Waals surface area contributed by atoms with Crippen molar-refractivity contribution in [3.8, 4) is 0 Å². The number of aromatic nitrogens is 2. The maximum atomic E-state index is 13.9. The van der Waals surface area contributed by atoms with Gasteiger partial charge in [0.2, 0.25) is 0 Å². The second-order valence-electron chi connectivity index (χ2n) is 9.44. The summed E-state index contributed by atoms with van der Waals surface area (Å²) in [7, 11) is 0. The molecule has 198 valence electrons. The van der Waals surface area contributed by atoms with Crippen LogP contribution in [0.1, 0.15) is 47.3 Å². The Hall–Kier alpha value is -3.01. The number of ether oxygens (including phenoxy) is 1. The van der Waals surface area contributed by atoms with Crippen LogP contribution in [0.25, 0.3) is 5.65 Å². The van der Waals surface area contributed by atoms with Gasteiger partial charge in [-0.3, -0.25) is 19.5 Å². The predicted molar refractivity (Wildman–Crippen MR) is 145 cm³/mol. The molecule has 2 aliphatic rings. The second kappa shape index (κ2) is 12.5. The lowest BCUT2D eigenvalue weighted by Gasteiger charge is -2.27. The minimum absolute atomic E-state index is 0. The molecule has 37 heavy (non-hydrogen) atoms. The van der Waals surface area contributed by atoms with Gasteiger partial charge in [0.1, 0.15) is 11.5 Å². The molecule has 4 heterocycles. The number of imidazole rings is 1. The summed E-state index contributed by atoms with van der Waals surface area (Å²) in [6.07, 6.45) is 7.32. The van der Waals surface area contributed by atoms with E-state index in [1.807, 2.05) is 17.0 Å². The second-order valence-corrected chi connectivity index (χ2v) is 9.44. The number of amides is 1. The maximum Gasteiger partial charge on any atom is 0.253 e. The van der Waals surface area contributed by atoms with Gasteiger partial charge < -0.3 is 15.0 Å².